The Labute approximate surface area is 125 Å². The molecule has 1 heterocycles. The summed E-state index contributed by atoms with van der Waals surface area (Å²) in [5, 5.41) is 0. The average molecular weight is 286 g/mol. The molecule has 1 saturated heterocycles. The molecule has 2 unspecified atom stereocenters. The Morgan fingerprint density at radius 2 is 1.70 bits per heavy atom. The van der Waals surface area contributed by atoms with Gasteiger partial charge in [-0.1, -0.05) is 20.8 Å². The molecule has 0 aromatic carbocycles. The normalized spacial score (nSPS) is 25.5. The Morgan fingerprint density at radius 3 is 2.15 bits per heavy atom. The van der Waals surface area contributed by atoms with Gasteiger partial charge in [0.1, 0.15) is 0 Å². The van der Waals surface area contributed by atoms with Crippen molar-refractivity contribution in [1.82, 2.24) is 4.90 Å². The number of likely N-dealkylation sites (tertiary alicyclic amines) is 1. The van der Waals surface area contributed by atoms with Crippen molar-refractivity contribution in [2.45, 2.75) is 58.8 Å². The summed E-state index contributed by atoms with van der Waals surface area (Å²) in [5.74, 6) is 0.776. The molecule has 0 bridgehead atoms. The van der Waals surface area contributed by atoms with Crippen molar-refractivity contribution in [1.29, 1.82) is 0 Å². The Bertz CT molecular complexity index is 287. The highest BCUT2D eigenvalue weighted by molar-refractivity contribution is 4.93. The zero-order chi connectivity index (χ0) is 15.4. The summed E-state index contributed by atoms with van der Waals surface area (Å²) in [6.07, 6.45) is 3.46. The van der Waals surface area contributed by atoms with Gasteiger partial charge in [-0.25, -0.2) is 0 Å². The Balaban J connectivity index is 2.80. The Morgan fingerprint density at radius 1 is 1.10 bits per heavy atom. The van der Waals surface area contributed by atoms with Crippen LogP contribution < -0.4 is 5.73 Å². The smallest absolute Gasteiger partial charge is 0.176 e. The second-order valence-electron chi connectivity index (χ2n) is 7.35. The van der Waals surface area contributed by atoms with Crippen LogP contribution in [-0.4, -0.2) is 50.6 Å². The molecule has 2 atom stereocenters. The molecule has 0 amide bonds. The molecule has 1 fully saturated rings. The summed E-state index contributed by atoms with van der Waals surface area (Å²) in [7, 11) is 3.38. The molecule has 0 aromatic rings. The second kappa shape index (κ2) is 7.21. The summed E-state index contributed by atoms with van der Waals surface area (Å²) in [4.78, 5) is 2.47. The van der Waals surface area contributed by atoms with Crippen LogP contribution in [0.3, 0.4) is 0 Å². The Hall–Kier alpha value is -0.160. The zero-order valence-electron chi connectivity index (χ0n) is 14.2. The van der Waals surface area contributed by atoms with Crippen LogP contribution in [0.25, 0.3) is 0 Å². The van der Waals surface area contributed by atoms with E-state index in [0.29, 0.717) is 12.0 Å². The molecule has 1 aliphatic rings. The highest BCUT2D eigenvalue weighted by Gasteiger charge is 2.41. The van der Waals surface area contributed by atoms with E-state index in [1.807, 2.05) is 0 Å². The minimum atomic E-state index is -0.279. The fourth-order valence-electron chi connectivity index (χ4n) is 3.45. The maximum absolute atomic E-state index is 6.06. The summed E-state index contributed by atoms with van der Waals surface area (Å²) in [6, 6.07) is 0. The first kappa shape index (κ1) is 17.9. The maximum atomic E-state index is 6.06. The van der Waals surface area contributed by atoms with E-state index in [1.54, 1.807) is 14.2 Å². The van der Waals surface area contributed by atoms with Gasteiger partial charge in [-0.05, 0) is 50.6 Å². The number of hydrogen-bond acceptors (Lipinski definition) is 4. The SMILES string of the molecule is COC(OC)C(C)(CN)N1CCCC(C(C)(C)C)CC1. The average Bonchev–Trinajstić information content (AvgIpc) is 2.65. The fourth-order valence-corrected chi connectivity index (χ4v) is 3.45. The highest BCUT2D eigenvalue weighted by Crippen LogP contribution is 2.36. The molecule has 20 heavy (non-hydrogen) atoms. The predicted molar refractivity (Wildman–Crippen MR) is 83.6 cm³/mol. The van der Waals surface area contributed by atoms with Crippen LogP contribution in [0.15, 0.2) is 0 Å². The third kappa shape index (κ3) is 3.94. The quantitative estimate of drug-likeness (QED) is 0.789. The lowest BCUT2D eigenvalue weighted by atomic mass is 9.77. The molecular weight excluding hydrogens is 252 g/mol. The number of hydrogen-bond donors (Lipinski definition) is 1. The molecule has 1 aliphatic heterocycles. The van der Waals surface area contributed by atoms with Gasteiger partial charge in [-0.15, -0.1) is 0 Å². The van der Waals surface area contributed by atoms with Crippen molar-refractivity contribution < 1.29 is 9.47 Å². The van der Waals surface area contributed by atoms with Gasteiger partial charge in [-0.2, -0.15) is 0 Å². The summed E-state index contributed by atoms with van der Waals surface area (Å²) in [5.41, 5.74) is 6.19. The van der Waals surface area contributed by atoms with Crippen LogP contribution in [0.1, 0.15) is 47.0 Å². The lowest BCUT2D eigenvalue weighted by molar-refractivity contribution is -0.181. The molecule has 0 radical (unpaired) electrons. The molecule has 0 aromatic heterocycles. The Kier molecular flexibility index (Phi) is 6.45. The molecule has 2 N–H and O–H groups in total. The van der Waals surface area contributed by atoms with E-state index in [9.17, 15) is 0 Å². The highest BCUT2D eigenvalue weighted by atomic mass is 16.7. The molecule has 4 heteroatoms. The van der Waals surface area contributed by atoms with Gasteiger partial charge >= 0.3 is 0 Å². The minimum Gasteiger partial charge on any atom is -0.354 e. The van der Waals surface area contributed by atoms with Crippen LogP contribution >= 0.6 is 0 Å². The van der Waals surface area contributed by atoms with Gasteiger partial charge < -0.3 is 15.2 Å². The van der Waals surface area contributed by atoms with E-state index in [1.165, 1.54) is 19.3 Å². The van der Waals surface area contributed by atoms with E-state index >= 15 is 0 Å². The van der Waals surface area contributed by atoms with Gasteiger partial charge in [0.05, 0.1) is 5.54 Å². The van der Waals surface area contributed by atoms with Gasteiger partial charge in [0, 0.05) is 20.8 Å². The van der Waals surface area contributed by atoms with Crippen molar-refractivity contribution in [3.8, 4) is 0 Å². The lowest BCUT2D eigenvalue weighted by Crippen LogP contribution is -2.60. The molecule has 4 nitrogen and oxygen atoms in total. The van der Waals surface area contributed by atoms with E-state index in [-0.39, 0.29) is 11.8 Å². The number of rotatable bonds is 5. The van der Waals surface area contributed by atoms with Crippen LogP contribution in [0, 0.1) is 11.3 Å². The summed E-state index contributed by atoms with van der Waals surface area (Å²) in [6.45, 7) is 11.9. The van der Waals surface area contributed by atoms with Crippen LogP contribution in [0.5, 0.6) is 0 Å². The van der Waals surface area contributed by atoms with Crippen LogP contribution in [-0.2, 0) is 9.47 Å². The third-order valence-corrected chi connectivity index (χ3v) is 5.02. The zero-order valence-corrected chi connectivity index (χ0v) is 14.2. The van der Waals surface area contributed by atoms with Crippen molar-refractivity contribution in [2.24, 2.45) is 17.1 Å². The molecule has 0 saturated carbocycles. The fraction of sp³-hybridized carbons (Fsp3) is 1.00. The summed E-state index contributed by atoms with van der Waals surface area (Å²) >= 11 is 0. The first-order valence-corrected chi connectivity index (χ1v) is 7.80. The van der Waals surface area contributed by atoms with Crippen molar-refractivity contribution in [2.75, 3.05) is 33.9 Å². The van der Waals surface area contributed by atoms with Gasteiger partial charge in [0.2, 0.25) is 0 Å². The molecule has 0 aliphatic carbocycles. The largest absolute Gasteiger partial charge is 0.354 e. The monoisotopic (exact) mass is 286 g/mol. The lowest BCUT2D eigenvalue weighted by Gasteiger charge is -2.44. The molecule has 0 spiro atoms. The number of methoxy groups -OCH3 is 2. The molecular formula is C16H34N2O2. The van der Waals surface area contributed by atoms with Crippen LogP contribution in [0.4, 0.5) is 0 Å². The standard InChI is InChI=1S/C16H34N2O2/c1-15(2,3)13-8-7-10-18(11-9-13)16(4,12-17)14(19-5)20-6/h13-14H,7-12,17H2,1-6H3. The molecule has 1 rings (SSSR count). The number of ether oxygens (including phenoxy) is 2. The topological polar surface area (TPSA) is 47.7 Å². The van der Waals surface area contributed by atoms with E-state index < -0.39 is 0 Å². The van der Waals surface area contributed by atoms with E-state index in [4.69, 9.17) is 15.2 Å². The van der Waals surface area contributed by atoms with Crippen molar-refractivity contribution >= 4 is 0 Å². The van der Waals surface area contributed by atoms with E-state index in [0.717, 1.165) is 19.0 Å². The van der Waals surface area contributed by atoms with Gasteiger partial charge in [0.15, 0.2) is 6.29 Å². The van der Waals surface area contributed by atoms with Crippen molar-refractivity contribution in [3.63, 3.8) is 0 Å². The first-order chi connectivity index (χ1) is 9.29. The summed E-state index contributed by atoms with van der Waals surface area (Å²) < 4.78 is 11.0. The maximum Gasteiger partial charge on any atom is 0.176 e. The third-order valence-electron chi connectivity index (χ3n) is 5.02. The second-order valence-corrected chi connectivity index (χ2v) is 7.35. The van der Waals surface area contributed by atoms with Gasteiger partial charge in [-0.3, -0.25) is 4.90 Å². The van der Waals surface area contributed by atoms with Gasteiger partial charge in [0.25, 0.3) is 0 Å². The first-order valence-electron chi connectivity index (χ1n) is 7.80. The predicted octanol–water partition coefficient (Wildman–Crippen LogP) is 2.47. The number of nitrogens with two attached hydrogens (primary N) is 1. The number of nitrogens with zero attached hydrogens (tertiary/aromatic N) is 1. The minimum absolute atomic E-state index is 0.254. The van der Waals surface area contributed by atoms with Crippen LogP contribution in [0.2, 0.25) is 0 Å². The van der Waals surface area contributed by atoms with E-state index in [2.05, 4.69) is 32.6 Å². The molecule has 120 valence electrons. The van der Waals surface area contributed by atoms with Crippen molar-refractivity contribution in [3.05, 3.63) is 0 Å².